The van der Waals surface area contributed by atoms with Crippen LogP contribution in [-0.2, 0) is 38.5 Å². The Balaban J connectivity index is 2.26. The van der Waals surface area contributed by atoms with Crippen LogP contribution in [-0.4, -0.2) is 47.4 Å². The maximum Gasteiger partial charge on any atom is 0.353 e. The molecule has 0 N–H and O–H groups in total. The van der Waals surface area contributed by atoms with Gasteiger partial charge in [0.15, 0.2) is 0 Å². The van der Waals surface area contributed by atoms with E-state index in [1.54, 1.807) is 0 Å². The summed E-state index contributed by atoms with van der Waals surface area (Å²) in [5, 5.41) is 1.15. The fourth-order valence-electron chi connectivity index (χ4n) is 1.18. The van der Waals surface area contributed by atoms with Crippen molar-refractivity contribution in [1.82, 2.24) is 10.5 Å². The molecule has 0 saturated carbocycles. The first kappa shape index (κ1) is 13.7. The second kappa shape index (κ2) is 5.95. The Morgan fingerprint density at radius 3 is 1.10 bits per heavy atom. The van der Waals surface area contributed by atoms with Gasteiger partial charge in [-0.2, -0.15) is 0 Å². The van der Waals surface area contributed by atoms with Crippen molar-refractivity contribution >= 4 is 23.9 Å². The van der Waals surface area contributed by atoms with Gasteiger partial charge < -0.3 is 19.4 Å². The number of hydroxylamine groups is 4. The first-order valence-corrected chi connectivity index (χ1v) is 5.32. The molecule has 0 aromatic rings. The molecule has 0 aliphatic carbocycles. The van der Waals surface area contributed by atoms with Gasteiger partial charge in [0, 0.05) is 34.8 Å². The molecule has 2 rings (SSSR count). The van der Waals surface area contributed by atoms with Crippen molar-refractivity contribution < 1.29 is 38.5 Å². The first-order valence-electron chi connectivity index (χ1n) is 5.32. The highest BCUT2D eigenvalue weighted by Crippen LogP contribution is 2.05. The lowest BCUT2D eigenvalue weighted by Crippen LogP contribution is -2.40. The van der Waals surface area contributed by atoms with Gasteiger partial charge in [-0.05, 0) is 0 Å². The van der Waals surface area contributed by atoms with Crippen molar-refractivity contribution in [3.63, 3.8) is 0 Å². The molecule has 2 bridgehead atoms. The van der Waals surface area contributed by atoms with Crippen molar-refractivity contribution in [1.29, 1.82) is 0 Å². The monoisotopic (exact) mass is 284 g/mol. The lowest BCUT2D eigenvalue weighted by molar-refractivity contribution is -0.353. The summed E-state index contributed by atoms with van der Waals surface area (Å²) >= 11 is 0. The third-order valence-corrected chi connectivity index (χ3v) is 1.94. The molecule has 10 heteroatoms. The van der Waals surface area contributed by atoms with Gasteiger partial charge in [0.25, 0.3) is 0 Å². The van der Waals surface area contributed by atoms with Gasteiger partial charge in [-0.1, -0.05) is 0 Å². The van der Waals surface area contributed by atoms with Crippen LogP contribution in [0.2, 0.25) is 0 Å². The number of hydrogen-bond acceptors (Lipinski definition) is 10. The fourth-order valence-corrected chi connectivity index (χ4v) is 1.18. The molecule has 20 heavy (non-hydrogen) atoms. The number of nitrogens with zero attached hydrogens (tertiary/aromatic N) is 2. The van der Waals surface area contributed by atoms with E-state index in [0.717, 1.165) is 24.3 Å². The van der Waals surface area contributed by atoms with Gasteiger partial charge in [0.1, 0.15) is 0 Å². The smallest absolute Gasteiger partial charge is 0.329 e. The molecule has 106 valence electrons. The SMILES string of the molecule is O=C1/C=C\C(=O)ON2CCN(O1)OC(=O)/C=C\C(=O)O2. The molecule has 0 atom stereocenters. The third-order valence-electron chi connectivity index (χ3n) is 1.94. The number of fused-ring (bicyclic) bond motifs is 3. The van der Waals surface area contributed by atoms with Crippen molar-refractivity contribution in [3.8, 4) is 0 Å². The quantitative estimate of drug-likeness (QED) is 0.524. The molecule has 2 aliphatic heterocycles. The molecule has 0 radical (unpaired) electrons. The zero-order chi connectivity index (χ0) is 14.5. The second-order valence-corrected chi connectivity index (χ2v) is 3.42. The highest BCUT2D eigenvalue weighted by molar-refractivity contribution is 5.92. The first-order chi connectivity index (χ1) is 9.52. The molecule has 0 aromatic carbocycles. The second-order valence-electron chi connectivity index (χ2n) is 3.42. The van der Waals surface area contributed by atoms with Crippen LogP contribution < -0.4 is 0 Å². The van der Waals surface area contributed by atoms with Crippen LogP contribution in [0.1, 0.15) is 0 Å². The molecular formula is C10H8N2O8. The summed E-state index contributed by atoms with van der Waals surface area (Å²) < 4.78 is 0. The summed E-state index contributed by atoms with van der Waals surface area (Å²) in [4.78, 5) is 63.7. The zero-order valence-corrected chi connectivity index (χ0v) is 9.88. The van der Waals surface area contributed by atoms with Gasteiger partial charge >= 0.3 is 23.9 Å². The van der Waals surface area contributed by atoms with Gasteiger partial charge in [0.2, 0.25) is 0 Å². The van der Waals surface area contributed by atoms with Crippen LogP contribution in [0.25, 0.3) is 0 Å². The zero-order valence-electron chi connectivity index (χ0n) is 9.88. The summed E-state index contributed by atoms with van der Waals surface area (Å²) in [7, 11) is 0. The van der Waals surface area contributed by atoms with Crippen LogP contribution in [0.4, 0.5) is 0 Å². The van der Waals surface area contributed by atoms with Gasteiger partial charge in [-0.25, -0.2) is 19.2 Å². The molecule has 0 spiro atoms. The van der Waals surface area contributed by atoms with E-state index in [0.29, 0.717) is 10.5 Å². The molecule has 10 nitrogen and oxygen atoms in total. The van der Waals surface area contributed by atoms with Crippen molar-refractivity contribution in [2.45, 2.75) is 0 Å². The van der Waals surface area contributed by atoms with E-state index < -0.39 is 23.9 Å². The molecule has 0 saturated heterocycles. The van der Waals surface area contributed by atoms with Gasteiger partial charge in [-0.3, -0.25) is 0 Å². The predicted molar refractivity (Wildman–Crippen MR) is 56.1 cm³/mol. The fraction of sp³-hybridized carbons (Fsp3) is 0.200. The van der Waals surface area contributed by atoms with Crippen LogP contribution in [0.5, 0.6) is 0 Å². The van der Waals surface area contributed by atoms with Crippen molar-refractivity contribution in [3.05, 3.63) is 24.3 Å². The van der Waals surface area contributed by atoms with Crippen molar-refractivity contribution in [2.75, 3.05) is 13.1 Å². The van der Waals surface area contributed by atoms with E-state index in [4.69, 9.17) is 0 Å². The van der Waals surface area contributed by atoms with E-state index in [1.807, 2.05) is 0 Å². The topological polar surface area (TPSA) is 112 Å². The molecule has 0 amide bonds. The molecule has 0 fully saturated rings. The lowest BCUT2D eigenvalue weighted by Gasteiger charge is -2.23. The van der Waals surface area contributed by atoms with E-state index in [2.05, 4.69) is 19.4 Å². The normalized spacial score (nSPS) is 30.4. The maximum absolute atomic E-state index is 11.3. The van der Waals surface area contributed by atoms with Gasteiger partial charge in [0.05, 0.1) is 13.1 Å². The van der Waals surface area contributed by atoms with Crippen LogP contribution in [0.3, 0.4) is 0 Å². The number of carbonyl (C=O) groups excluding carboxylic acids is 4. The number of hydrogen-bond donors (Lipinski definition) is 0. The molecular weight excluding hydrogens is 276 g/mol. The summed E-state index contributed by atoms with van der Waals surface area (Å²) in [5.74, 6) is -3.77. The maximum atomic E-state index is 11.3. The van der Waals surface area contributed by atoms with E-state index in [1.165, 1.54) is 0 Å². The number of carbonyl (C=O) groups is 4. The highest BCUT2D eigenvalue weighted by atomic mass is 17.0. The number of rotatable bonds is 0. The van der Waals surface area contributed by atoms with E-state index in [-0.39, 0.29) is 13.1 Å². The minimum Gasteiger partial charge on any atom is -0.329 e. The minimum atomic E-state index is -0.943. The lowest BCUT2D eigenvalue weighted by atomic mass is 10.5. The Kier molecular flexibility index (Phi) is 4.08. The Morgan fingerprint density at radius 2 is 0.850 bits per heavy atom. The van der Waals surface area contributed by atoms with E-state index in [9.17, 15) is 19.2 Å². The summed E-state index contributed by atoms with van der Waals surface area (Å²) in [6, 6.07) is 0. The average molecular weight is 284 g/mol. The minimum absolute atomic E-state index is 0.223. The summed E-state index contributed by atoms with van der Waals surface area (Å²) in [6.07, 6.45) is 3.04. The third kappa shape index (κ3) is 3.90. The van der Waals surface area contributed by atoms with Crippen LogP contribution in [0, 0.1) is 0 Å². The molecule has 0 aromatic heterocycles. The van der Waals surface area contributed by atoms with Crippen LogP contribution >= 0.6 is 0 Å². The Labute approximate surface area is 111 Å². The molecule has 2 heterocycles. The standard InChI is InChI=1S/C10H8N2O8/c13-7-1-2-8(14)18-12-6-5-11(17-7)19-9(15)3-4-10(16)20-12/h1-4H,5-6H2/b2-1-,4-3-. The summed E-state index contributed by atoms with van der Waals surface area (Å²) in [5.41, 5.74) is 0. The molecule has 2 aliphatic rings. The van der Waals surface area contributed by atoms with Gasteiger partial charge in [-0.15, -0.1) is 0 Å². The van der Waals surface area contributed by atoms with Crippen molar-refractivity contribution in [2.24, 2.45) is 0 Å². The Hall–Kier alpha value is -2.72. The van der Waals surface area contributed by atoms with Crippen LogP contribution in [0.15, 0.2) is 24.3 Å². The molecule has 0 unspecified atom stereocenters. The Bertz CT molecular complexity index is 425. The van der Waals surface area contributed by atoms with E-state index >= 15 is 0 Å². The highest BCUT2D eigenvalue weighted by Gasteiger charge is 2.24. The predicted octanol–water partition coefficient (Wildman–Crippen LogP) is -1.44. The average Bonchev–Trinajstić information content (AvgIpc) is 2.39. The Morgan fingerprint density at radius 1 is 0.600 bits per heavy atom. The summed E-state index contributed by atoms with van der Waals surface area (Å²) in [6.45, 7) is -0.445. The largest absolute Gasteiger partial charge is 0.353 e.